The van der Waals surface area contributed by atoms with E-state index in [2.05, 4.69) is 10.6 Å². The lowest BCUT2D eigenvalue weighted by atomic mass is 9.89. The highest BCUT2D eigenvalue weighted by Gasteiger charge is 2.38. The van der Waals surface area contributed by atoms with Gasteiger partial charge in [0.05, 0.1) is 10.0 Å². The van der Waals surface area contributed by atoms with Crippen molar-refractivity contribution in [3.8, 4) is 0 Å². The number of carbonyl (C=O) groups is 2. The third kappa shape index (κ3) is 4.42. The first-order valence-corrected chi connectivity index (χ1v) is 9.62. The molecule has 0 aliphatic carbocycles. The molecule has 1 aromatic carbocycles. The Hall–Kier alpha value is -1.50. The molecule has 2 fully saturated rings. The molecule has 2 amide bonds. The minimum Gasteiger partial charge on any atom is -0.465 e. The van der Waals surface area contributed by atoms with Gasteiger partial charge in [-0.15, -0.1) is 0 Å². The number of carbonyl (C=O) groups excluding carboxylic acids is 1. The van der Waals surface area contributed by atoms with Gasteiger partial charge in [-0.1, -0.05) is 29.3 Å². The SMILES string of the molecule is O=C(O)NC[C@@H]1CN(C(=O)C2CCNCC2)C[C@@H]1c1ccc(Cl)c(Cl)c1. The molecular formula is C18H23Cl2N3O3. The molecule has 1 aromatic rings. The number of rotatable bonds is 4. The molecule has 0 saturated carbocycles. The Morgan fingerprint density at radius 1 is 1.19 bits per heavy atom. The molecule has 0 spiro atoms. The molecule has 0 aromatic heterocycles. The van der Waals surface area contributed by atoms with Gasteiger partial charge >= 0.3 is 6.09 Å². The van der Waals surface area contributed by atoms with E-state index in [0.29, 0.717) is 29.7 Å². The number of nitrogens with one attached hydrogen (secondary N) is 2. The van der Waals surface area contributed by atoms with E-state index >= 15 is 0 Å². The van der Waals surface area contributed by atoms with Crippen molar-refractivity contribution in [1.82, 2.24) is 15.5 Å². The Morgan fingerprint density at radius 3 is 2.58 bits per heavy atom. The van der Waals surface area contributed by atoms with E-state index < -0.39 is 6.09 Å². The van der Waals surface area contributed by atoms with Gasteiger partial charge in [-0.2, -0.15) is 0 Å². The molecule has 142 valence electrons. The highest BCUT2D eigenvalue weighted by atomic mass is 35.5. The summed E-state index contributed by atoms with van der Waals surface area (Å²) >= 11 is 12.2. The van der Waals surface area contributed by atoms with Crippen molar-refractivity contribution < 1.29 is 14.7 Å². The van der Waals surface area contributed by atoms with Gasteiger partial charge in [0.1, 0.15) is 0 Å². The quantitative estimate of drug-likeness (QED) is 0.726. The highest BCUT2D eigenvalue weighted by molar-refractivity contribution is 6.42. The number of amides is 2. The Balaban J connectivity index is 1.76. The summed E-state index contributed by atoms with van der Waals surface area (Å²) in [4.78, 5) is 25.7. The van der Waals surface area contributed by atoms with Crippen LogP contribution in [0.5, 0.6) is 0 Å². The van der Waals surface area contributed by atoms with E-state index in [4.69, 9.17) is 28.3 Å². The van der Waals surface area contributed by atoms with Crippen LogP contribution in [-0.2, 0) is 4.79 Å². The highest BCUT2D eigenvalue weighted by Crippen LogP contribution is 2.36. The van der Waals surface area contributed by atoms with Gasteiger partial charge in [0.2, 0.25) is 5.91 Å². The second-order valence-electron chi connectivity index (χ2n) is 6.99. The Morgan fingerprint density at radius 2 is 1.92 bits per heavy atom. The number of halogens is 2. The van der Waals surface area contributed by atoms with Crippen LogP contribution < -0.4 is 10.6 Å². The van der Waals surface area contributed by atoms with Gasteiger partial charge in [0.15, 0.2) is 0 Å². The predicted molar refractivity (Wildman–Crippen MR) is 101 cm³/mol. The summed E-state index contributed by atoms with van der Waals surface area (Å²) in [6.07, 6.45) is 0.649. The molecule has 3 N–H and O–H groups in total. The molecule has 2 saturated heterocycles. The van der Waals surface area contributed by atoms with Crippen molar-refractivity contribution in [3.63, 3.8) is 0 Å². The fourth-order valence-corrected chi connectivity index (χ4v) is 4.23. The zero-order valence-electron chi connectivity index (χ0n) is 14.4. The Bertz CT molecular complexity index is 680. The van der Waals surface area contributed by atoms with E-state index in [1.165, 1.54) is 0 Å². The minimum atomic E-state index is -1.05. The third-order valence-corrected chi connectivity index (χ3v) is 6.07. The van der Waals surface area contributed by atoms with E-state index in [9.17, 15) is 9.59 Å². The van der Waals surface area contributed by atoms with Crippen molar-refractivity contribution in [2.45, 2.75) is 18.8 Å². The molecule has 26 heavy (non-hydrogen) atoms. The van der Waals surface area contributed by atoms with Crippen LogP contribution in [-0.4, -0.2) is 54.7 Å². The van der Waals surface area contributed by atoms with Crippen LogP contribution in [0.4, 0.5) is 4.79 Å². The maximum atomic E-state index is 12.9. The second kappa shape index (κ2) is 8.46. The van der Waals surface area contributed by atoms with Gasteiger partial charge in [0.25, 0.3) is 0 Å². The van der Waals surface area contributed by atoms with Crippen LogP contribution in [0.1, 0.15) is 24.3 Å². The third-order valence-electron chi connectivity index (χ3n) is 5.33. The maximum absolute atomic E-state index is 12.9. The standard InChI is InChI=1S/C18H23Cl2N3O3/c19-15-2-1-12(7-16(15)20)14-10-23(9-13(14)8-22-18(25)26)17(24)11-3-5-21-6-4-11/h1-2,7,11,13-14,21-22H,3-6,8-10H2,(H,25,26)/t13-,14-/m1/s1. The Kier molecular flexibility index (Phi) is 6.27. The molecule has 2 aliphatic heterocycles. The van der Waals surface area contributed by atoms with Crippen molar-refractivity contribution in [2.75, 3.05) is 32.7 Å². The topological polar surface area (TPSA) is 81.7 Å². The maximum Gasteiger partial charge on any atom is 0.404 e. The van der Waals surface area contributed by atoms with Gasteiger partial charge in [-0.25, -0.2) is 4.79 Å². The van der Waals surface area contributed by atoms with Crippen LogP contribution in [0.15, 0.2) is 18.2 Å². The first-order valence-electron chi connectivity index (χ1n) is 8.87. The zero-order chi connectivity index (χ0) is 18.7. The number of hydrogen-bond donors (Lipinski definition) is 3. The van der Waals surface area contributed by atoms with E-state index in [1.54, 1.807) is 6.07 Å². The second-order valence-corrected chi connectivity index (χ2v) is 7.81. The lowest BCUT2D eigenvalue weighted by molar-refractivity contribution is -0.135. The lowest BCUT2D eigenvalue weighted by Crippen LogP contribution is -2.40. The number of benzene rings is 1. The van der Waals surface area contributed by atoms with Crippen LogP contribution in [0, 0.1) is 11.8 Å². The van der Waals surface area contributed by atoms with Gasteiger partial charge in [0, 0.05) is 37.4 Å². The number of likely N-dealkylation sites (tertiary alicyclic amines) is 1. The first-order chi connectivity index (χ1) is 12.5. The van der Waals surface area contributed by atoms with Crippen molar-refractivity contribution in [3.05, 3.63) is 33.8 Å². The summed E-state index contributed by atoms with van der Waals surface area (Å²) in [6, 6.07) is 5.48. The summed E-state index contributed by atoms with van der Waals surface area (Å²) in [5.41, 5.74) is 0.984. The van der Waals surface area contributed by atoms with Crippen LogP contribution in [0.3, 0.4) is 0 Å². The van der Waals surface area contributed by atoms with Crippen LogP contribution in [0.2, 0.25) is 10.0 Å². The fourth-order valence-electron chi connectivity index (χ4n) is 3.92. The minimum absolute atomic E-state index is 0.00834. The molecule has 8 heteroatoms. The largest absolute Gasteiger partial charge is 0.465 e. The summed E-state index contributed by atoms with van der Waals surface area (Å²) in [5, 5.41) is 15.6. The first kappa shape index (κ1) is 19.3. The molecular weight excluding hydrogens is 377 g/mol. The summed E-state index contributed by atoms with van der Waals surface area (Å²) < 4.78 is 0. The molecule has 3 rings (SSSR count). The summed E-state index contributed by atoms with van der Waals surface area (Å²) in [7, 11) is 0. The number of hydrogen-bond acceptors (Lipinski definition) is 3. The molecule has 2 atom stereocenters. The molecule has 2 aliphatic rings. The smallest absolute Gasteiger partial charge is 0.404 e. The molecule has 0 bridgehead atoms. The normalized spacial score (nSPS) is 23.8. The lowest BCUT2D eigenvalue weighted by Gasteiger charge is -2.27. The summed E-state index contributed by atoms with van der Waals surface area (Å²) in [5.74, 6) is 0.266. The number of nitrogens with zero attached hydrogens (tertiary/aromatic N) is 1. The molecule has 0 radical (unpaired) electrons. The predicted octanol–water partition coefficient (Wildman–Crippen LogP) is 2.80. The van der Waals surface area contributed by atoms with Crippen LogP contribution >= 0.6 is 23.2 Å². The molecule has 0 unspecified atom stereocenters. The van der Waals surface area contributed by atoms with Gasteiger partial charge in [-0.05, 0) is 43.6 Å². The van der Waals surface area contributed by atoms with E-state index in [-0.39, 0.29) is 23.7 Å². The van der Waals surface area contributed by atoms with Crippen LogP contribution in [0.25, 0.3) is 0 Å². The summed E-state index contributed by atoms with van der Waals surface area (Å²) in [6.45, 7) is 3.16. The monoisotopic (exact) mass is 399 g/mol. The van der Waals surface area contributed by atoms with Gasteiger partial charge in [-0.3, -0.25) is 4.79 Å². The average Bonchev–Trinajstić information content (AvgIpc) is 3.06. The van der Waals surface area contributed by atoms with E-state index in [1.807, 2.05) is 17.0 Å². The molecule has 6 nitrogen and oxygen atoms in total. The molecule has 2 heterocycles. The van der Waals surface area contributed by atoms with E-state index in [0.717, 1.165) is 31.5 Å². The van der Waals surface area contributed by atoms with Crippen molar-refractivity contribution >= 4 is 35.2 Å². The van der Waals surface area contributed by atoms with Gasteiger partial charge < -0.3 is 20.6 Å². The van der Waals surface area contributed by atoms with Crippen molar-refractivity contribution in [1.29, 1.82) is 0 Å². The van der Waals surface area contributed by atoms with Crippen molar-refractivity contribution in [2.24, 2.45) is 11.8 Å². The average molecular weight is 400 g/mol. The fraction of sp³-hybridized carbons (Fsp3) is 0.556. The zero-order valence-corrected chi connectivity index (χ0v) is 15.9. The number of carboxylic acid groups (broad SMARTS) is 1. The number of piperidine rings is 1. The Labute approximate surface area is 162 Å².